The van der Waals surface area contributed by atoms with E-state index in [4.69, 9.17) is 0 Å². The van der Waals surface area contributed by atoms with Gasteiger partial charge in [-0.3, -0.25) is 4.79 Å². The maximum atomic E-state index is 12.9. The lowest BCUT2D eigenvalue weighted by atomic mass is 9.83. The van der Waals surface area contributed by atoms with Crippen LogP contribution in [0.4, 0.5) is 0 Å². The molecular formula is C18H20N2O. The molecule has 0 saturated carbocycles. The predicted molar refractivity (Wildman–Crippen MR) is 84.2 cm³/mol. The number of fused-ring (bicyclic) bond motifs is 2. The molecule has 4 rings (SSSR count). The van der Waals surface area contributed by atoms with Crippen molar-refractivity contribution in [3.05, 3.63) is 47.7 Å². The fourth-order valence-electron chi connectivity index (χ4n) is 3.89. The minimum absolute atomic E-state index is 0.176. The molecule has 3 nitrogen and oxygen atoms in total. The van der Waals surface area contributed by atoms with Gasteiger partial charge in [0.25, 0.3) is 5.91 Å². The van der Waals surface area contributed by atoms with Crippen LogP contribution in [0.5, 0.6) is 0 Å². The molecule has 2 aromatic rings. The average Bonchev–Trinajstić information content (AvgIpc) is 3.11. The van der Waals surface area contributed by atoms with Crippen LogP contribution in [0.25, 0.3) is 10.9 Å². The highest BCUT2D eigenvalue weighted by atomic mass is 16.2. The quantitative estimate of drug-likeness (QED) is 0.796. The number of amides is 1. The van der Waals surface area contributed by atoms with E-state index in [-0.39, 0.29) is 5.91 Å². The molecule has 3 heteroatoms. The largest absolute Gasteiger partial charge is 0.361 e. The van der Waals surface area contributed by atoms with E-state index >= 15 is 0 Å². The number of rotatable bonds is 1. The molecule has 2 atom stereocenters. The van der Waals surface area contributed by atoms with Crippen LogP contribution >= 0.6 is 0 Å². The first-order valence-electron chi connectivity index (χ1n) is 7.73. The standard InChI is InChI=1S/C18H20N2O/c1-12-5-6-14-10-20(11-15(14)9-12)18(21)16-4-2-3-13-7-8-19-17(13)16/h2-5,7-8,14-15,19H,6,9-11H2,1H3/t14-,15+/m0/s1. The highest BCUT2D eigenvalue weighted by Gasteiger charge is 2.36. The number of hydrogen-bond acceptors (Lipinski definition) is 1. The number of aromatic amines is 1. The molecule has 2 heterocycles. The molecule has 1 fully saturated rings. The molecule has 1 N–H and O–H groups in total. The summed E-state index contributed by atoms with van der Waals surface area (Å²) in [6.45, 7) is 4.02. The van der Waals surface area contributed by atoms with E-state index in [2.05, 4.69) is 22.9 Å². The molecule has 0 bridgehead atoms. The van der Waals surface area contributed by atoms with Crippen LogP contribution in [0.1, 0.15) is 30.1 Å². The summed E-state index contributed by atoms with van der Waals surface area (Å²) in [6.07, 6.45) is 6.54. The molecule has 0 radical (unpaired) electrons. The van der Waals surface area contributed by atoms with Crippen molar-refractivity contribution in [2.75, 3.05) is 13.1 Å². The van der Waals surface area contributed by atoms with Crippen LogP contribution < -0.4 is 0 Å². The topological polar surface area (TPSA) is 36.1 Å². The van der Waals surface area contributed by atoms with Crippen LogP contribution in [-0.2, 0) is 0 Å². The van der Waals surface area contributed by atoms with Crippen LogP contribution in [0.15, 0.2) is 42.1 Å². The van der Waals surface area contributed by atoms with Gasteiger partial charge in [0, 0.05) is 24.7 Å². The van der Waals surface area contributed by atoms with E-state index in [1.807, 2.05) is 30.5 Å². The van der Waals surface area contributed by atoms with Gasteiger partial charge in [-0.2, -0.15) is 0 Å². The number of nitrogens with zero attached hydrogens (tertiary/aromatic N) is 1. The van der Waals surface area contributed by atoms with Gasteiger partial charge in [-0.25, -0.2) is 0 Å². The molecule has 1 amide bonds. The third-order valence-electron chi connectivity index (χ3n) is 5.03. The number of carbonyl (C=O) groups is 1. The number of nitrogens with one attached hydrogen (secondary N) is 1. The lowest BCUT2D eigenvalue weighted by molar-refractivity contribution is 0.0786. The second-order valence-electron chi connectivity index (χ2n) is 6.47. The Hall–Kier alpha value is -2.03. The summed E-state index contributed by atoms with van der Waals surface area (Å²) in [4.78, 5) is 18.1. The number of para-hydroxylation sites is 1. The highest BCUT2D eigenvalue weighted by molar-refractivity contribution is 6.05. The van der Waals surface area contributed by atoms with Gasteiger partial charge in [0.05, 0.1) is 11.1 Å². The SMILES string of the molecule is CC1=CC[C@H]2CN(C(=O)c3cccc4cc[nH]c34)C[C@H]2C1. The molecule has 108 valence electrons. The van der Waals surface area contributed by atoms with Gasteiger partial charge in [0.15, 0.2) is 0 Å². The average molecular weight is 280 g/mol. The molecule has 1 aromatic carbocycles. The summed E-state index contributed by atoms with van der Waals surface area (Å²) < 4.78 is 0. The normalized spacial score (nSPS) is 25.0. The van der Waals surface area contributed by atoms with Gasteiger partial charge >= 0.3 is 0 Å². The maximum absolute atomic E-state index is 12.9. The Balaban J connectivity index is 1.61. The summed E-state index contributed by atoms with van der Waals surface area (Å²) in [5.74, 6) is 1.48. The van der Waals surface area contributed by atoms with Crippen LogP contribution in [-0.4, -0.2) is 28.9 Å². The Bertz CT molecular complexity index is 728. The number of benzene rings is 1. The van der Waals surface area contributed by atoms with E-state index in [0.717, 1.165) is 42.4 Å². The van der Waals surface area contributed by atoms with Gasteiger partial charge in [-0.15, -0.1) is 0 Å². The van der Waals surface area contributed by atoms with Crippen molar-refractivity contribution in [3.63, 3.8) is 0 Å². The van der Waals surface area contributed by atoms with Gasteiger partial charge in [-0.05, 0) is 43.7 Å². The lowest BCUT2D eigenvalue weighted by Crippen LogP contribution is -2.29. The predicted octanol–water partition coefficient (Wildman–Crippen LogP) is 3.60. The second kappa shape index (κ2) is 4.76. The summed E-state index contributed by atoms with van der Waals surface area (Å²) in [7, 11) is 0. The van der Waals surface area contributed by atoms with Crippen LogP contribution in [0.3, 0.4) is 0 Å². The van der Waals surface area contributed by atoms with E-state index in [9.17, 15) is 4.79 Å². The number of aromatic nitrogens is 1. The highest BCUT2D eigenvalue weighted by Crippen LogP contribution is 2.36. The first-order valence-corrected chi connectivity index (χ1v) is 7.73. The van der Waals surface area contributed by atoms with E-state index in [1.165, 1.54) is 5.57 Å². The summed E-state index contributed by atoms with van der Waals surface area (Å²) >= 11 is 0. The molecular weight excluding hydrogens is 260 g/mol. The fourth-order valence-corrected chi connectivity index (χ4v) is 3.89. The minimum atomic E-state index is 0.176. The third-order valence-corrected chi connectivity index (χ3v) is 5.03. The maximum Gasteiger partial charge on any atom is 0.256 e. The zero-order valence-electron chi connectivity index (χ0n) is 12.3. The summed E-state index contributed by atoms with van der Waals surface area (Å²) in [5, 5.41) is 1.11. The molecule has 21 heavy (non-hydrogen) atoms. The van der Waals surface area contributed by atoms with Crippen molar-refractivity contribution >= 4 is 16.8 Å². The number of likely N-dealkylation sites (tertiary alicyclic amines) is 1. The molecule has 0 spiro atoms. The van der Waals surface area contributed by atoms with Gasteiger partial charge < -0.3 is 9.88 Å². The van der Waals surface area contributed by atoms with Crippen molar-refractivity contribution < 1.29 is 4.79 Å². The van der Waals surface area contributed by atoms with Crippen molar-refractivity contribution in [2.45, 2.75) is 19.8 Å². The van der Waals surface area contributed by atoms with Crippen molar-refractivity contribution in [3.8, 4) is 0 Å². The van der Waals surface area contributed by atoms with Gasteiger partial charge in [-0.1, -0.05) is 23.8 Å². The van der Waals surface area contributed by atoms with E-state index in [1.54, 1.807) is 0 Å². The minimum Gasteiger partial charge on any atom is -0.361 e. The zero-order chi connectivity index (χ0) is 14.4. The molecule has 1 saturated heterocycles. The number of allylic oxidation sites excluding steroid dienone is 2. The first kappa shape index (κ1) is 12.7. The first-order chi connectivity index (χ1) is 10.2. The van der Waals surface area contributed by atoms with E-state index in [0.29, 0.717) is 11.8 Å². The Kier molecular flexibility index (Phi) is 2.88. The Labute approximate surface area is 124 Å². The number of carbonyl (C=O) groups excluding carboxylic acids is 1. The van der Waals surface area contributed by atoms with Crippen LogP contribution in [0.2, 0.25) is 0 Å². The van der Waals surface area contributed by atoms with Gasteiger partial charge in [0.1, 0.15) is 0 Å². The molecule has 1 aliphatic carbocycles. The Morgan fingerprint density at radius 1 is 1.24 bits per heavy atom. The third kappa shape index (κ3) is 2.08. The molecule has 1 aliphatic heterocycles. The lowest BCUT2D eigenvalue weighted by Gasteiger charge is -2.21. The van der Waals surface area contributed by atoms with Gasteiger partial charge in [0.2, 0.25) is 0 Å². The van der Waals surface area contributed by atoms with Crippen LogP contribution in [0, 0.1) is 11.8 Å². The van der Waals surface area contributed by atoms with E-state index < -0.39 is 0 Å². The summed E-state index contributed by atoms with van der Waals surface area (Å²) in [6, 6.07) is 7.97. The van der Waals surface area contributed by atoms with Crippen molar-refractivity contribution in [2.24, 2.45) is 11.8 Å². The zero-order valence-corrected chi connectivity index (χ0v) is 12.3. The number of hydrogen-bond donors (Lipinski definition) is 1. The number of H-pyrrole nitrogens is 1. The molecule has 2 aliphatic rings. The van der Waals surface area contributed by atoms with Crippen molar-refractivity contribution in [1.29, 1.82) is 0 Å². The Morgan fingerprint density at radius 3 is 3.00 bits per heavy atom. The Morgan fingerprint density at radius 2 is 2.10 bits per heavy atom. The monoisotopic (exact) mass is 280 g/mol. The molecule has 1 aromatic heterocycles. The smallest absolute Gasteiger partial charge is 0.256 e. The van der Waals surface area contributed by atoms with Crippen molar-refractivity contribution in [1.82, 2.24) is 9.88 Å². The fraction of sp³-hybridized carbons (Fsp3) is 0.389. The second-order valence-corrected chi connectivity index (χ2v) is 6.47. The molecule has 0 unspecified atom stereocenters. The summed E-state index contributed by atoms with van der Waals surface area (Å²) in [5.41, 5.74) is 3.25.